The third-order valence-corrected chi connectivity index (χ3v) is 3.50. The zero-order chi connectivity index (χ0) is 15.4. The Bertz CT molecular complexity index is 510. The standard InChI is InChI=1S/C14H15F2NO4/c15-13(16)21-11-3-1-9(2-4-11)12(18)10-5-7-17(8-6-10)14(19)20/h1-4,10,13H,5-8H2,(H,19,20). The molecule has 21 heavy (non-hydrogen) atoms. The van der Waals surface area contributed by atoms with Crippen LogP contribution in [0.5, 0.6) is 5.75 Å². The quantitative estimate of drug-likeness (QED) is 0.868. The summed E-state index contributed by atoms with van der Waals surface area (Å²) in [5.41, 5.74) is 0.422. The zero-order valence-electron chi connectivity index (χ0n) is 11.2. The molecule has 1 amide bonds. The van der Waals surface area contributed by atoms with Crippen molar-refractivity contribution >= 4 is 11.9 Å². The number of ether oxygens (including phenoxy) is 1. The Morgan fingerprint density at radius 1 is 1.19 bits per heavy atom. The molecule has 0 aliphatic carbocycles. The molecular weight excluding hydrogens is 284 g/mol. The van der Waals surface area contributed by atoms with Gasteiger partial charge in [0.15, 0.2) is 5.78 Å². The molecule has 1 N–H and O–H groups in total. The first-order chi connectivity index (χ1) is 9.97. The van der Waals surface area contributed by atoms with Crippen LogP contribution in [0, 0.1) is 5.92 Å². The van der Waals surface area contributed by atoms with Gasteiger partial charge in [-0.3, -0.25) is 4.79 Å². The van der Waals surface area contributed by atoms with Gasteiger partial charge in [-0.15, -0.1) is 0 Å². The summed E-state index contributed by atoms with van der Waals surface area (Å²) in [7, 11) is 0. The summed E-state index contributed by atoms with van der Waals surface area (Å²) in [6, 6.07) is 5.55. The number of benzene rings is 1. The Balaban J connectivity index is 1.96. The molecule has 0 bridgehead atoms. The van der Waals surface area contributed by atoms with Crippen molar-refractivity contribution in [2.45, 2.75) is 19.5 Å². The van der Waals surface area contributed by atoms with Crippen molar-refractivity contribution in [1.82, 2.24) is 4.90 Å². The first kappa shape index (κ1) is 15.2. The Morgan fingerprint density at radius 3 is 2.24 bits per heavy atom. The lowest BCUT2D eigenvalue weighted by atomic mass is 9.89. The number of halogens is 2. The lowest BCUT2D eigenvalue weighted by Crippen LogP contribution is -2.39. The fourth-order valence-corrected chi connectivity index (χ4v) is 2.37. The molecule has 1 saturated heterocycles. The highest BCUT2D eigenvalue weighted by atomic mass is 19.3. The summed E-state index contributed by atoms with van der Waals surface area (Å²) < 4.78 is 28.3. The number of carboxylic acid groups (broad SMARTS) is 1. The van der Waals surface area contributed by atoms with Crippen LogP contribution >= 0.6 is 0 Å². The molecule has 7 heteroatoms. The van der Waals surface area contributed by atoms with Crippen LogP contribution in [-0.2, 0) is 0 Å². The molecule has 0 aromatic heterocycles. The molecular formula is C14H15F2NO4. The van der Waals surface area contributed by atoms with Crippen molar-refractivity contribution in [3.63, 3.8) is 0 Å². The maximum absolute atomic E-state index is 12.3. The largest absolute Gasteiger partial charge is 0.465 e. The molecule has 1 aromatic rings. The number of amides is 1. The van der Waals surface area contributed by atoms with Crippen LogP contribution in [0.25, 0.3) is 0 Å². The van der Waals surface area contributed by atoms with Gasteiger partial charge in [0.2, 0.25) is 0 Å². The van der Waals surface area contributed by atoms with E-state index in [9.17, 15) is 18.4 Å². The molecule has 2 rings (SSSR count). The predicted molar refractivity (Wildman–Crippen MR) is 69.7 cm³/mol. The molecule has 0 atom stereocenters. The van der Waals surface area contributed by atoms with Gasteiger partial charge in [-0.1, -0.05) is 0 Å². The van der Waals surface area contributed by atoms with E-state index in [-0.39, 0.29) is 17.5 Å². The summed E-state index contributed by atoms with van der Waals surface area (Å²) in [5.74, 6) is -0.326. The minimum absolute atomic E-state index is 0.00208. The van der Waals surface area contributed by atoms with Gasteiger partial charge in [-0.25, -0.2) is 4.79 Å². The van der Waals surface area contributed by atoms with E-state index in [1.165, 1.54) is 29.2 Å². The van der Waals surface area contributed by atoms with Crippen molar-refractivity contribution in [2.24, 2.45) is 5.92 Å². The Hall–Kier alpha value is -2.18. The molecule has 114 valence electrons. The SMILES string of the molecule is O=C(c1ccc(OC(F)F)cc1)C1CCN(C(=O)O)CC1. The average Bonchev–Trinajstić information content (AvgIpc) is 2.47. The normalized spacial score (nSPS) is 16.0. The second-order valence-corrected chi connectivity index (χ2v) is 4.81. The molecule has 1 aliphatic rings. The number of carbonyl (C=O) groups is 2. The predicted octanol–water partition coefficient (Wildman–Crippen LogP) is 2.86. The Kier molecular flexibility index (Phi) is 4.72. The summed E-state index contributed by atoms with van der Waals surface area (Å²) in [6.45, 7) is -2.23. The third kappa shape index (κ3) is 3.90. The van der Waals surface area contributed by atoms with Crippen molar-refractivity contribution in [3.8, 4) is 5.75 Å². The summed E-state index contributed by atoms with van der Waals surface area (Å²) in [6.07, 6.45) is -0.0321. The number of Topliss-reactive ketones (excluding diaryl/α,β-unsaturated/α-hetero) is 1. The highest BCUT2D eigenvalue weighted by Crippen LogP contribution is 2.23. The molecule has 0 radical (unpaired) electrons. The van der Waals surface area contributed by atoms with E-state index < -0.39 is 12.7 Å². The minimum atomic E-state index is -2.90. The number of alkyl halides is 2. The van der Waals surface area contributed by atoms with Crippen LogP contribution in [0.1, 0.15) is 23.2 Å². The summed E-state index contributed by atoms with van der Waals surface area (Å²) in [5, 5.41) is 8.85. The van der Waals surface area contributed by atoms with Gasteiger partial charge in [-0.05, 0) is 37.1 Å². The Labute approximate surface area is 120 Å². The van der Waals surface area contributed by atoms with Crippen LogP contribution in [0.3, 0.4) is 0 Å². The molecule has 0 spiro atoms. The molecule has 0 unspecified atom stereocenters. The van der Waals surface area contributed by atoms with E-state index in [1.807, 2.05) is 0 Å². The number of ketones is 1. The van der Waals surface area contributed by atoms with E-state index >= 15 is 0 Å². The van der Waals surface area contributed by atoms with E-state index in [1.54, 1.807) is 0 Å². The third-order valence-electron chi connectivity index (χ3n) is 3.50. The smallest absolute Gasteiger partial charge is 0.407 e. The Morgan fingerprint density at radius 2 is 1.76 bits per heavy atom. The number of piperidine rings is 1. The van der Waals surface area contributed by atoms with Gasteiger partial charge < -0.3 is 14.7 Å². The molecule has 1 fully saturated rings. The van der Waals surface area contributed by atoms with E-state index in [0.29, 0.717) is 31.5 Å². The van der Waals surface area contributed by atoms with E-state index in [2.05, 4.69) is 4.74 Å². The van der Waals surface area contributed by atoms with Crippen LogP contribution in [0.2, 0.25) is 0 Å². The van der Waals surface area contributed by atoms with Crippen molar-refractivity contribution in [3.05, 3.63) is 29.8 Å². The fourth-order valence-electron chi connectivity index (χ4n) is 2.37. The maximum atomic E-state index is 12.3. The number of hydrogen-bond acceptors (Lipinski definition) is 3. The zero-order valence-corrected chi connectivity index (χ0v) is 11.2. The van der Waals surface area contributed by atoms with Crippen LogP contribution in [-0.4, -0.2) is 41.6 Å². The van der Waals surface area contributed by atoms with E-state index in [0.717, 1.165) is 0 Å². The fraction of sp³-hybridized carbons (Fsp3) is 0.429. The van der Waals surface area contributed by atoms with Gasteiger partial charge in [-0.2, -0.15) is 8.78 Å². The molecule has 1 heterocycles. The van der Waals surface area contributed by atoms with Crippen molar-refractivity contribution < 1.29 is 28.2 Å². The van der Waals surface area contributed by atoms with Crippen molar-refractivity contribution in [2.75, 3.05) is 13.1 Å². The first-order valence-electron chi connectivity index (χ1n) is 6.54. The summed E-state index contributed by atoms with van der Waals surface area (Å²) in [4.78, 5) is 24.3. The first-order valence-corrected chi connectivity index (χ1v) is 6.54. The monoisotopic (exact) mass is 299 g/mol. The number of carbonyl (C=O) groups excluding carboxylic acids is 1. The van der Waals surface area contributed by atoms with Crippen LogP contribution < -0.4 is 4.74 Å². The minimum Gasteiger partial charge on any atom is -0.465 e. The highest BCUT2D eigenvalue weighted by Gasteiger charge is 2.27. The number of nitrogens with zero attached hydrogens (tertiary/aromatic N) is 1. The lowest BCUT2D eigenvalue weighted by molar-refractivity contribution is -0.0498. The van der Waals surface area contributed by atoms with Crippen LogP contribution in [0.4, 0.5) is 13.6 Å². The number of likely N-dealkylation sites (tertiary alicyclic amines) is 1. The summed E-state index contributed by atoms with van der Waals surface area (Å²) >= 11 is 0. The highest BCUT2D eigenvalue weighted by molar-refractivity contribution is 5.98. The van der Waals surface area contributed by atoms with Gasteiger partial charge in [0, 0.05) is 24.6 Å². The molecule has 0 saturated carbocycles. The van der Waals surface area contributed by atoms with Gasteiger partial charge >= 0.3 is 12.7 Å². The van der Waals surface area contributed by atoms with Crippen LogP contribution in [0.15, 0.2) is 24.3 Å². The molecule has 5 nitrogen and oxygen atoms in total. The molecule has 1 aliphatic heterocycles. The topological polar surface area (TPSA) is 66.8 Å². The van der Waals surface area contributed by atoms with Gasteiger partial charge in [0.25, 0.3) is 0 Å². The lowest BCUT2D eigenvalue weighted by Gasteiger charge is -2.29. The molecule has 1 aromatic carbocycles. The number of hydrogen-bond donors (Lipinski definition) is 1. The maximum Gasteiger partial charge on any atom is 0.407 e. The number of rotatable bonds is 4. The average molecular weight is 299 g/mol. The van der Waals surface area contributed by atoms with Gasteiger partial charge in [0.1, 0.15) is 5.75 Å². The van der Waals surface area contributed by atoms with Crippen molar-refractivity contribution in [1.29, 1.82) is 0 Å². The van der Waals surface area contributed by atoms with E-state index in [4.69, 9.17) is 5.11 Å². The second kappa shape index (κ2) is 6.51. The van der Waals surface area contributed by atoms with Gasteiger partial charge in [0.05, 0.1) is 0 Å². The second-order valence-electron chi connectivity index (χ2n) is 4.81.